The van der Waals surface area contributed by atoms with Gasteiger partial charge in [-0.2, -0.15) is 0 Å². The monoisotopic (exact) mass is 584 g/mol. The molecule has 4 N–H and O–H groups in total. The number of para-hydroxylation sites is 2. The van der Waals surface area contributed by atoms with Crippen LogP contribution in [0.2, 0.25) is 0 Å². The molecule has 2 aromatic carbocycles. The minimum absolute atomic E-state index is 0.0343. The predicted molar refractivity (Wildman–Crippen MR) is 163 cm³/mol. The lowest BCUT2D eigenvalue weighted by Gasteiger charge is -2.14. The second-order valence-electron chi connectivity index (χ2n) is 10.8. The minimum Gasteiger partial charge on any atom is -0.394 e. The van der Waals surface area contributed by atoms with Crippen LogP contribution in [-0.2, 0) is 16.0 Å². The lowest BCUT2D eigenvalue weighted by molar-refractivity contribution is -0.121. The van der Waals surface area contributed by atoms with Gasteiger partial charge in [0.05, 0.1) is 23.7 Å². The number of hydrogen-bond donors (Lipinski definition) is 4. The Balaban J connectivity index is 1.03. The Morgan fingerprint density at radius 1 is 1.05 bits per heavy atom. The summed E-state index contributed by atoms with van der Waals surface area (Å²) in [5.74, 6) is 5.78. The summed E-state index contributed by atoms with van der Waals surface area (Å²) in [6.45, 7) is 0.184. The first-order valence-corrected chi connectivity index (χ1v) is 14.8. The first-order valence-electron chi connectivity index (χ1n) is 14.8. The highest BCUT2D eigenvalue weighted by molar-refractivity contribution is 5.97. The summed E-state index contributed by atoms with van der Waals surface area (Å²) in [4.78, 5) is 43.8. The molecule has 1 fully saturated rings. The van der Waals surface area contributed by atoms with Crippen molar-refractivity contribution in [2.75, 3.05) is 13.2 Å². The SMILES string of the molecule is O=C(CCCCc1c2ccccc2nc2ccccc12)NCCCCC#Cc1cn([C@H]2C[C@H](O)[C@@H](CO)O2)c(=O)[nH]c1=O. The summed E-state index contributed by atoms with van der Waals surface area (Å²) in [6.07, 6.45) is 4.03. The Morgan fingerprint density at radius 2 is 1.77 bits per heavy atom. The second kappa shape index (κ2) is 14.2. The van der Waals surface area contributed by atoms with Crippen LogP contribution in [0.25, 0.3) is 21.8 Å². The van der Waals surface area contributed by atoms with E-state index in [2.05, 4.69) is 34.3 Å². The number of carbonyl (C=O) groups is 1. The summed E-state index contributed by atoms with van der Waals surface area (Å²) in [5, 5.41) is 24.5. The largest absolute Gasteiger partial charge is 0.394 e. The molecule has 1 aliphatic heterocycles. The van der Waals surface area contributed by atoms with Crippen LogP contribution in [0, 0.1) is 11.8 Å². The van der Waals surface area contributed by atoms with E-state index in [0.29, 0.717) is 19.4 Å². The third-order valence-electron chi connectivity index (χ3n) is 7.72. The van der Waals surface area contributed by atoms with Gasteiger partial charge in [-0.15, -0.1) is 0 Å². The molecule has 10 heteroatoms. The molecule has 3 heterocycles. The number of benzene rings is 2. The second-order valence-corrected chi connectivity index (χ2v) is 10.8. The molecule has 0 unspecified atom stereocenters. The molecule has 1 saturated heterocycles. The first-order chi connectivity index (χ1) is 20.9. The maximum absolute atomic E-state index is 12.4. The number of nitrogens with zero attached hydrogens (tertiary/aromatic N) is 2. The summed E-state index contributed by atoms with van der Waals surface area (Å²) in [5.41, 5.74) is 2.12. The van der Waals surface area contributed by atoms with Crippen LogP contribution >= 0.6 is 0 Å². The fourth-order valence-corrected chi connectivity index (χ4v) is 5.43. The van der Waals surface area contributed by atoms with Gasteiger partial charge in [-0.25, -0.2) is 9.78 Å². The van der Waals surface area contributed by atoms with Gasteiger partial charge < -0.3 is 20.3 Å². The van der Waals surface area contributed by atoms with E-state index in [1.54, 1.807) is 0 Å². The van der Waals surface area contributed by atoms with E-state index in [0.717, 1.165) is 43.1 Å². The van der Waals surface area contributed by atoms with E-state index in [-0.39, 0.29) is 24.5 Å². The molecule has 4 aromatic rings. The topological polar surface area (TPSA) is 147 Å². The fourth-order valence-electron chi connectivity index (χ4n) is 5.43. The van der Waals surface area contributed by atoms with Gasteiger partial charge in [0, 0.05) is 42.8 Å². The highest BCUT2D eigenvalue weighted by Crippen LogP contribution is 2.28. The van der Waals surface area contributed by atoms with Crippen molar-refractivity contribution in [1.82, 2.24) is 19.9 Å². The number of aliphatic hydroxyl groups excluding tert-OH is 2. The van der Waals surface area contributed by atoms with E-state index in [9.17, 15) is 24.6 Å². The van der Waals surface area contributed by atoms with Crippen molar-refractivity contribution in [3.05, 3.63) is 86.7 Å². The Kier molecular flexibility index (Phi) is 10.00. The fraction of sp³-hybridized carbons (Fsp3) is 0.394. The zero-order valence-electron chi connectivity index (χ0n) is 23.9. The summed E-state index contributed by atoms with van der Waals surface area (Å²) in [6, 6.07) is 16.4. The maximum atomic E-state index is 12.4. The Bertz CT molecular complexity index is 1710. The van der Waals surface area contributed by atoms with Gasteiger partial charge >= 0.3 is 5.69 Å². The highest BCUT2D eigenvalue weighted by atomic mass is 16.5. The average molecular weight is 585 g/mol. The van der Waals surface area contributed by atoms with Gasteiger partial charge in [0.2, 0.25) is 5.91 Å². The number of ether oxygens (including phenoxy) is 1. The molecule has 1 aliphatic rings. The number of H-pyrrole nitrogens is 1. The zero-order chi connectivity index (χ0) is 30.2. The number of aliphatic hydroxyl groups is 2. The molecule has 1 amide bonds. The first kappa shape index (κ1) is 30.2. The maximum Gasteiger partial charge on any atom is 0.330 e. The van der Waals surface area contributed by atoms with Crippen LogP contribution < -0.4 is 16.6 Å². The van der Waals surface area contributed by atoms with E-state index in [1.165, 1.54) is 27.1 Å². The van der Waals surface area contributed by atoms with Crippen LogP contribution in [0.4, 0.5) is 0 Å². The van der Waals surface area contributed by atoms with Crippen LogP contribution in [0.15, 0.2) is 64.3 Å². The Hall–Kier alpha value is -4.30. The standard InChI is InChI=1S/C33H36N4O6/c38-21-29-28(39)19-31(43-29)37-20-22(32(41)36-33(37)42)11-3-1-2-10-18-34-30(40)17-9-6-12-23-24-13-4-7-15-26(24)35-27-16-8-5-14-25(23)27/h4-5,7-8,13-16,20,28-29,31,38-39H,1-2,6,9-10,12,17-19,21H2,(H,34,40)(H,36,41,42)/t28-,29+,31+/m0/s1. The number of aryl methyl sites for hydroxylation is 1. The van der Waals surface area contributed by atoms with Crippen molar-refractivity contribution in [2.24, 2.45) is 0 Å². The minimum atomic E-state index is -0.905. The number of pyridine rings is 1. The molecule has 0 radical (unpaired) electrons. The number of aromatic amines is 1. The molecular formula is C33H36N4O6. The quantitative estimate of drug-likeness (QED) is 0.120. The van der Waals surface area contributed by atoms with Gasteiger partial charge in [-0.1, -0.05) is 48.2 Å². The third-order valence-corrected chi connectivity index (χ3v) is 7.72. The van der Waals surface area contributed by atoms with Gasteiger partial charge in [-0.05, 0) is 49.8 Å². The van der Waals surface area contributed by atoms with E-state index in [1.807, 2.05) is 36.4 Å². The van der Waals surface area contributed by atoms with Crippen molar-refractivity contribution in [3.8, 4) is 11.8 Å². The third kappa shape index (κ3) is 7.38. The Labute approximate surface area is 248 Å². The number of unbranched alkanes of at least 4 members (excludes halogenated alkanes) is 3. The molecule has 43 heavy (non-hydrogen) atoms. The molecule has 0 bridgehead atoms. The molecule has 5 rings (SSSR count). The zero-order valence-corrected chi connectivity index (χ0v) is 23.9. The van der Waals surface area contributed by atoms with Crippen molar-refractivity contribution >= 4 is 27.7 Å². The van der Waals surface area contributed by atoms with Crippen LogP contribution in [0.5, 0.6) is 0 Å². The lowest BCUT2D eigenvalue weighted by Crippen LogP contribution is -2.33. The van der Waals surface area contributed by atoms with Crippen molar-refractivity contribution in [2.45, 2.75) is 69.8 Å². The van der Waals surface area contributed by atoms with Gasteiger partial charge in [0.15, 0.2) is 0 Å². The number of rotatable bonds is 11. The van der Waals surface area contributed by atoms with E-state index < -0.39 is 29.7 Å². The number of aromatic nitrogens is 3. The van der Waals surface area contributed by atoms with E-state index in [4.69, 9.17) is 9.72 Å². The number of fused-ring (bicyclic) bond motifs is 2. The summed E-state index contributed by atoms with van der Waals surface area (Å²) < 4.78 is 6.69. The molecule has 0 aliphatic carbocycles. The molecule has 3 atom stereocenters. The normalized spacial score (nSPS) is 18.0. The van der Waals surface area contributed by atoms with Crippen molar-refractivity contribution in [1.29, 1.82) is 0 Å². The number of nitrogens with one attached hydrogen (secondary N) is 2. The number of carbonyl (C=O) groups excluding carboxylic acids is 1. The lowest BCUT2D eigenvalue weighted by atomic mass is 9.97. The average Bonchev–Trinajstić information content (AvgIpc) is 3.39. The van der Waals surface area contributed by atoms with Gasteiger partial charge in [0.25, 0.3) is 5.56 Å². The van der Waals surface area contributed by atoms with Gasteiger partial charge in [0.1, 0.15) is 17.9 Å². The highest BCUT2D eigenvalue weighted by Gasteiger charge is 2.35. The molecule has 10 nitrogen and oxygen atoms in total. The van der Waals surface area contributed by atoms with Gasteiger partial charge in [-0.3, -0.25) is 19.1 Å². The van der Waals surface area contributed by atoms with Crippen molar-refractivity contribution in [3.63, 3.8) is 0 Å². The molecule has 2 aromatic heterocycles. The predicted octanol–water partition coefficient (Wildman–Crippen LogP) is 2.93. The van der Waals surface area contributed by atoms with E-state index >= 15 is 0 Å². The molecule has 0 spiro atoms. The summed E-state index contributed by atoms with van der Waals surface area (Å²) >= 11 is 0. The molecule has 224 valence electrons. The van der Waals surface area contributed by atoms with Crippen LogP contribution in [0.3, 0.4) is 0 Å². The Morgan fingerprint density at radius 3 is 2.47 bits per heavy atom. The van der Waals surface area contributed by atoms with Crippen LogP contribution in [-0.4, -0.2) is 56.0 Å². The number of amides is 1. The summed E-state index contributed by atoms with van der Waals surface area (Å²) in [7, 11) is 0. The van der Waals surface area contributed by atoms with Crippen LogP contribution in [0.1, 0.15) is 62.3 Å². The smallest absolute Gasteiger partial charge is 0.330 e. The number of hydrogen-bond acceptors (Lipinski definition) is 7. The van der Waals surface area contributed by atoms with Crippen molar-refractivity contribution < 1.29 is 19.7 Å². The molecule has 0 saturated carbocycles. The molecular weight excluding hydrogens is 548 g/mol.